The number of halogens is 1. The van der Waals surface area contributed by atoms with Crippen molar-refractivity contribution in [2.45, 2.75) is 18.7 Å². The van der Waals surface area contributed by atoms with Crippen molar-refractivity contribution in [2.24, 2.45) is 0 Å². The second kappa shape index (κ2) is 10.3. The van der Waals surface area contributed by atoms with Gasteiger partial charge in [0.1, 0.15) is 5.56 Å². The average molecular weight is 470 g/mol. The summed E-state index contributed by atoms with van der Waals surface area (Å²) in [6.45, 7) is 3.42. The zero-order valence-corrected chi connectivity index (χ0v) is 18.3. The molecule has 0 fully saturated rings. The van der Waals surface area contributed by atoms with Crippen LogP contribution in [-0.4, -0.2) is 49.2 Å². The maximum atomic E-state index is 12.5. The quantitative estimate of drug-likeness (QED) is 0.338. The Kier molecular flexibility index (Phi) is 8.08. The molecule has 0 heterocycles. The van der Waals surface area contributed by atoms with E-state index < -0.39 is 39.1 Å². The third-order valence-corrected chi connectivity index (χ3v) is 6.49. The molecule has 1 N–H and O–H groups in total. The largest absolute Gasteiger partial charge is 0.452 e. The van der Waals surface area contributed by atoms with Crippen molar-refractivity contribution in [1.29, 1.82) is 0 Å². The van der Waals surface area contributed by atoms with Crippen molar-refractivity contribution in [2.75, 3.05) is 25.0 Å². The Morgan fingerprint density at radius 1 is 1.13 bits per heavy atom. The van der Waals surface area contributed by atoms with Crippen molar-refractivity contribution >= 4 is 44.9 Å². The smallest absolute Gasteiger partial charge is 0.345 e. The van der Waals surface area contributed by atoms with E-state index in [0.717, 1.165) is 12.1 Å². The molecule has 1 amide bonds. The summed E-state index contributed by atoms with van der Waals surface area (Å²) in [5, 5.41) is 13.6. The summed E-state index contributed by atoms with van der Waals surface area (Å²) in [6.07, 6.45) is 0. The van der Waals surface area contributed by atoms with Crippen LogP contribution in [0.5, 0.6) is 0 Å². The summed E-state index contributed by atoms with van der Waals surface area (Å²) in [5.74, 6) is -1.76. The van der Waals surface area contributed by atoms with E-state index in [1.807, 2.05) is 0 Å². The molecule has 0 bridgehead atoms. The minimum absolute atomic E-state index is 0.0763. The number of hydrogen-bond donors (Lipinski definition) is 1. The number of anilines is 1. The minimum atomic E-state index is -3.63. The first kappa shape index (κ1) is 24.3. The topological polar surface area (TPSA) is 136 Å². The zero-order chi connectivity index (χ0) is 23.2. The van der Waals surface area contributed by atoms with E-state index >= 15 is 0 Å². The summed E-state index contributed by atoms with van der Waals surface area (Å²) >= 11 is 5.70. The lowest BCUT2D eigenvalue weighted by atomic mass is 10.2. The molecular formula is C19H20ClN3O7S. The molecule has 2 aromatic carbocycles. The Labute approximate surface area is 184 Å². The van der Waals surface area contributed by atoms with Gasteiger partial charge in [-0.25, -0.2) is 13.2 Å². The fourth-order valence-electron chi connectivity index (χ4n) is 2.66. The van der Waals surface area contributed by atoms with E-state index in [1.165, 1.54) is 34.6 Å². The molecule has 12 heteroatoms. The molecule has 0 saturated heterocycles. The summed E-state index contributed by atoms with van der Waals surface area (Å²) < 4.78 is 31.1. The third-order valence-electron chi connectivity index (χ3n) is 4.19. The second-order valence-corrected chi connectivity index (χ2v) is 8.53. The number of amides is 1. The van der Waals surface area contributed by atoms with Gasteiger partial charge in [-0.15, -0.1) is 0 Å². The van der Waals surface area contributed by atoms with Crippen LogP contribution in [0.25, 0.3) is 0 Å². The van der Waals surface area contributed by atoms with E-state index in [0.29, 0.717) is 13.1 Å². The normalized spacial score (nSPS) is 11.2. The Hall–Kier alpha value is -3.02. The first-order valence-electron chi connectivity index (χ1n) is 9.11. The summed E-state index contributed by atoms with van der Waals surface area (Å²) in [4.78, 5) is 34.5. The molecule has 0 saturated carbocycles. The molecule has 0 spiro atoms. The first-order chi connectivity index (χ1) is 14.6. The summed E-state index contributed by atoms with van der Waals surface area (Å²) in [7, 11) is -3.63. The predicted molar refractivity (Wildman–Crippen MR) is 114 cm³/mol. The Balaban J connectivity index is 2.01. The molecule has 0 aliphatic carbocycles. The van der Waals surface area contributed by atoms with Crippen LogP contribution >= 0.6 is 11.6 Å². The Morgan fingerprint density at radius 3 is 2.29 bits per heavy atom. The van der Waals surface area contributed by atoms with Gasteiger partial charge in [-0.3, -0.25) is 14.9 Å². The van der Waals surface area contributed by atoms with Crippen LogP contribution in [0.15, 0.2) is 47.4 Å². The van der Waals surface area contributed by atoms with Crippen molar-refractivity contribution in [3.63, 3.8) is 0 Å². The van der Waals surface area contributed by atoms with E-state index in [9.17, 15) is 28.1 Å². The number of nitrogens with one attached hydrogen (secondary N) is 1. The van der Waals surface area contributed by atoms with Gasteiger partial charge in [-0.2, -0.15) is 4.31 Å². The maximum Gasteiger partial charge on any atom is 0.345 e. The molecular weight excluding hydrogens is 450 g/mol. The number of carbonyl (C=O) groups excluding carboxylic acids is 2. The van der Waals surface area contributed by atoms with Crippen LogP contribution in [0.2, 0.25) is 5.02 Å². The first-order valence-corrected chi connectivity index (χ1v) is 10.9. The van der Waals surface area contributed by atoms with Gasteiger partial charge in [-0.05, 0) is 36.4 Å². The second-order valence-electron chi connectivity index (χ2n) is 6.16. The molecule has 0 aliphatic rings. The number of hydrogen-bond acceptors (Lipinski definition) is 7. The van der Waals surface area contributed by atoms with Crippen molar-refractivity contribution in [3.8, 4) is 0 Å². The predicted octanol–water partition coefficient (Wildman–Crippen LogP) is 3.07. The lowest BCUT2D eigenvalue weighted by molar-refractivity contribution is -0.385. The zero-order valence-electron chi connectivity index (χ0n) is 16.7. The molecule has 2 rings (SSSR count). The Bertz CT molecular complexity index is 1080. The maximum absolute atomic E-state index is 12.5. The van der Waals surface area contributed by atoms with Gasteiger partial charge in [-0.1, -0.05) is 25.4 Å². The van der Waals surface area contributed by atoms with Crippen molar-refractivity contribution in [1.82, 2.24) is 4.31 Å². The van der Waals surface area contributed by atoms with Gasteiger partial charge in [0.05, 0.1) is 9.82 Å². The minimum Gasteiger partial charge on any atom is -0.452 e. The molecule has 2 aromatic rings. The highest BCUT2D eigenvalue weighted by atomic mass is 35.5. The van der Waals surface area contributed by atoms with Gasteiger partial charge in [0, 0.05) is 29.9 Å². The van der Waals surface area contributed by atoms with Crippen molar-refractivity contribution in [3.05, 3.63) is 63.2 Å². The molecule has 0 atom stereocenters. The molecule has 0 unspecified atom stereocenters. The van der Waals surface area contributed by atoms with Crippen LogP contribution in [0.4, 0.5) is 11.4 Å². The molecule has 166 valence electrons. The van der Waals surface area contributed by atoms with E-state index in [2.05, 4.69) is 5.32 Å². The number of sulfonamides is 1. The molecule has 10 nitrogen and oxygen atoms in total. The fourth-order valence-corrected chi connectivity index (χ4v) is 4.28. The van der Waals surface area contributed by atoms with E-state index in [1.54, 1.807) is 13.8 Å². The number of ether oxygens (including phenoxy) is 1. The van der Waals surface area contributed by atoms with Gasteiger partial charge >= 0.3 is 5.97 Å². The number of nitro groups is 1. The number of esters is 1. The van der Waals surface area contributed by atoms with Gasteiger partial charge in [0.15, 0.2) is 6.61 Å². The standard InChI is InChI=1S/C19H20ClN3O7S/c1-3-22(4-2)31(28,29)15-8-6-14(7-9-15)21-18(24)12-30-19(25)16-10-5-13(20)11-17(16)23(26)27/h5-11H,3-4,12H2,1-2H3,(H,21,24). The molecule has 31 heavy (non-hydrogen) atoms. The number of carbonyl (C=O) groups is 2. The Morgan fingerprint density at radius 2 is 1.74 bits per heavy atom. The monoisotopic (exact) mass is 469 g/mol. The summed E-state index contributed by atoms with van der Waals surface area (Å²) in [5.41, 5.74) is -0.590. The molecule has 0 radical (unpaired) electrons. The number of nitro benzene ring substituents is 1. The van der Waals surface area contributed by atoms with Gasteiger partial charge < -0.3 is 10.1 Å². The SMILES string of the molecule is CCN(CC)S(=O)(=O)c1ccc(NC(=O)COC(=O)c2ccc(Cl)cc2[N+](=O)[O-])cc1. The highest BCUT2D eigenvalue weighted by Gasteiger charge is 2.23. The number of rotatable bonds is 9. The van der Waals surface area contributed by atoms with Crippen LogP contribution < -0.4 is 5.32 Å². The van der Waals surface area contributed by atoms with E-state index in [4.69, 9.17) is 16.3 Å². The number of nitrogens with zero attached hydrogens (tertiary/aromatic N) is 2. The average Bonchev–Trinajstić information content (AvgIpc) is 2.73. The molecule has 0 aliphatic heterocycles. The number of benzene rings is 2. The van der Waals surface area contributed by atoms with Gasteiger partial charge in [0.25, 0.3) is 11.6 Å². The summed E-state index contributed by atoms with van der Waals surface area (Å²) in [6, 6.07) is 8.94. The van der Waals surface area contributed by atoms with Crippen molar-refractivity contribution < 1.29 is 27.7 Å². The van der Waals surface area contributed by atoms with E-state index in [-0.39, 0.29) is 21.2 Å². The van der Waals surface area contributed by atoms with Crippen LogP contribution in [0.1, 0.15) is 24.2 Å². The van der Waals surface area contributed by atoms with Crippen LogP contribution in [-0.2, 0) is 19.6 Å². The van der Waals surface area contributed by atoms with Crippen LogP contribution in [0.3, 0.4) is 0 Å². The third kappa shape index (κ3) is 6.00. The highest BCUT2D eigenvalue weighted by Crippen LogP contribution is 2.24. The lowest BCUT2D eigenvalue weighted by Crippen LogP contribution is -2.30. The highest BCUT2D eigenvalue weighted by molar-refractivity contribution is 7.89. The fraction of sp³-hybridized carbons (Fsp3) is 0.263. The van der Waals surface area contributed by atoms with Crippen LogP contribution in [0, 0.1) is 10.1 Å². The lowest BCUT2D eigenvalue weighted by Gasteiger charge is -2.18. The van der Waals surface area contributed by atoms with Gasteiger partial charge in [0.2, 0.25) is 10.0 Å². The molecule has 0 aromatic heterocycles.